The van der Waals surface area contributed by atoms with Gasteiger partial charge in [-0.3, -0.25) is 0 Å². The number of hydrogen-bond donors (Lipinski definition) is 0. The van der Waals surface area contributed by atoms with Crippen LogP contribution in [0.25, 0.3) is 0 Å². The van der Waals surface area contributed by atoms with E-state index in [2.05, 4.69) is 15.0 Å². The first-order valence-electron chi connectivity index (χ1n) is 5.05. The lowest BCUT2D eigenvalue weighted by Gasteiger charge is -2.05. The zero-order valence-electron chi connectivity index (χ0n) is 9.13. The summed E-state index contributed by atoms with van der Waals surface area (Å²) in [5.74, 6) is 0.622. The highest BCUT2D eigenvalue weighted by atomic mass is 35.5. The average molecular weight is 252 g/mol. The fraction of sp³-hybridized carbons (Fsp3) is 0.182. The molecule has 1 aromatic carbocycles. The summed E-state index contributed by atoms with van der Waals surface area (Å²) in [6, 6.07) is 9.43. The number of nitrogens with zero attached hydrogens (tertiary/aromatic N) is 3. The summed E-state index contributed by atoms with van der Waals surface area (Å²) < 4.78 is 10.6. The van der Waals surface area contributed by atoms with Gasteiger partial charge < -0.3 is 9.47 Å². The van der Waals surface area contributed by atoms with Crippen LogP contribution in [0.15, 0.2) is 30.3 Å². The highest BCUT2D eigenvalue weighted by molar-refractivity contribution is 6.28. The zero-order valence-corrected chi connectivity index (χ0v) is 9.89. The van der Waals surface area contributed by atoms with Crippen molar-refractivity contribution >= 4 is 11.6 Å². The first kappa shape index (κ1) is 11.6. The Labute approximate surface area is 103 Å². The first-order valence-corrected chi connectivity index (χ1v) is 5.43. The summed E-state index contributed by atoms with van der Waals surface area (Å²) in [5.41, 5.74) is 0. The van der Waals surface area contributed by atoms with E-state index in [4.69, 9.17) is 21.1 Å². The van der Waals surface area contributed by atoms with Gasteiger partial charge in [0.2, 0.25) is 5.28 Å². The molecule has 0 radical (unpaired) electrons. The third kappa shape index (κ3) is 3.29. The second kappa shape index (κ2) is 5.45. The monoisotopic (exact) mass is 251 g/mol. The van der Waals surface area contributed by atoms with Gasteiger partial charge in [-0.15, -0.1) is 4.98 Å². The molecule has 5 nitrogen and oxygen atoms in total. The SMILES string of the molecule is CCOc1nc(Cl)nc(Oc2ccccc2)n1. The fourth-order valence-corrected chi connectivity index (χ4v) is 1.29. The molecule has 1 aromatic heterocycles. The lowest BCUT2D eigenvalue weighted by atomic mass is 10.3. The molecule has 6 heteroatoms. The zero-order chi connectivity index (χ0) is 12.1. The van der Waals surface area contributed by atoms with E-state index >= 15 is 0 Å². The summed E-state index contributed by atoms with van der Waals surface area (Å²) in [7, 11) is 0. The number of rotatable bonds is 4. The molecule has 0 aliphatic heterocycles. The second-order valence-electron chi connectivity index (χ2n) is 3.02. The van der Waals surface area contributed by atoms with E-state index in [1.165, 1.54) is 0 Å². The molecule has 0 saturated carbocycles. The van der Waals surface area contributed by atoms with E-state index in [1.807, 2.05) is 25.1 Å². The van der Waals surface area contributed by atoms with Gasteiger partial charge in [-0.1, -0.05) is 18.2 Å². The largest absolute Gasteiger partial charge is 0.464 e. The molecule has 0 aliphatic carbocycles. The Morgan fingerprint density at radius 2 is 1.76 bits per heavy atom. The number of hydrogen-bond acceptors (Lipinski definition) is 5. The molecule has 1 heterocycles. The van der Waals surface area contributed by atoms with Crippen LogP contribution in [-0.2, 0) is 0 Å². The van der Waals surface area contributed by atoms with Gasteiger partial charge in [0, 0.05) is 0 Å². The third-order valence-corrected chi connectivity index (χ3v) is 1.96. The molecule has 2 aromatic rings. The molecule has 0 atom stereocenters. The maximum absolute atomic E-state index is 5.73. The van der Waals surface area contributed by atoms with Crippen molar-refractivity contribution < 1.29 is 9.47 Å². The summed E-state index contributed by atoms with van der Waals surface area (Å²) in [4.78, 5) is 11.6. The third-order valence-electron chi connectivity index (χ3n) is 1.79. The van der Waals surface area contributed by atoms with Gasteiger partial charge in [-0.2, -0.15) is 9.97 Å². The smallest absolute Gasteiger partial charge is 0.329 e. The second-order valence-corrected chi connectivity index (χ2v) is 3.36. The molecule has 0 saturated heterocycles. The number of ether oxygens (including phenoxy) is 2. The van der Waals surface area contributed by atoms with Gasteiger partial charge in [0.1, 0.15) is 5.75 Å². The van der Waals surface area contributed by atoms with E-state index in [0.717, 1.165) is 0 Å². The lowest BCUT2D eigenvalue weighted by Crippen LogP contribution is -2.01. The number of aromatic nitrogens is 3. The molecular weight excluding hydrogens is 242 g/mol. The maximum atomic E-state index is 5.73. The van der Waals surface area contributed by atoms with Crippen molar-refractivity contribution in [1.29, 1.82) is 0 Å². The molecule has 88 valence electrons. The lowest BCUT2D eigenvalue weighted by molar-refractivity contribution is 0.303. The summed E-state index contributed by atoms with van der Waals surface area (Å²) in [6.07, 6.45) is 0. The van der Waals surface area contributed by atoms with Crippen molar-refractivity contribution in [2.24, 2.45) is 0 Å². The Bertz CT molecular complexity index is 493. The molecule has 17 heavy (non-hydrogen) atoms. The molecule has 0 amide bonds. The minimum absolute atomic E-state index is 0.0365. The molecule has 0 N–H and O–H groups in total. The number of para-hydroxylation sites is 1. The molecular formula is C11H10ClN3O2. The Morgan fingerprint density at radius 3 is 2.47 bits per heavy atom. The van der Waals surface area contributed by atoms with Gasteiger partial charge in [0.05, 0.1) is 6.61 Å². The van der Waals surface area contributed by atoms with Crippen molar-refractivity contribution in [2.45, 2.75) is 6.92 Å². The van der Waals surface area contributed by atoms with Gasteiger partial charge in [0.15, 0.2) is 0 Å². The van der Waals surface area contributed by atoms with E-state index in [9.17, 15) is 0 Å². The van der Waals surface area contributed by atoms with Crippen molar-refractivity contribution in [3.05, 3.63) is 35.6 Å². The normalized spacial score (nSPS) is 10.0. The Morgan fingerprint density at radius 1 is 1.06 bits per heavy atom. The molecule has 0 unspecified atom stereocenters. The predicted molar refractivity (Wildman–Crippen MR) is 62.5 cm³/mol. The quantitative estimate of drug-likeness (QED) is 0.836. The highest BCUT2D eigenvalue weighted by Gasteiger charge is 2.07. The fourth-order valence-electron chi connectivity index (χ4n) is 1.15. The molecule has 2 rings (SSSR count). The summed E-state index contributed by atoms with van der Waals surface area (Å²) >= 11 is 5.73. The van der Waals surface area contributed by atoms with Gasteiger partial charge in [-0.25, -0.2) is 0 Å². The van der Waals surface area contributed by atoms with Crippen molar-refractivity contribution in [3.8, 4) is 17.8 Å². The van der Waals surface area contributed by atoms with Crippen LogP contribution in [-0.4, -0.2) is 21.6 Å². The first-order chi connectivity index (χ1) is 8.28. The average Bonchev–Trinajstić information content (AvgIpc) is 2.30. The molecule has 0 bridgehead atoms. The van der Waals surface area contributed by atoms with Crippen LogP contribution >= 0.6 is 11.6 Å². The standard InChI is InChI=1S/C11H10ClN3O2/c1-2-16-10-13-9(12)14-11(15-10)17-8-6-4-3-5-7-8/h3-7H,2H2,1H3. The van der Waals surface area contributed by atoms with Crippen LogP contribution in [0.4, 0.5) is 0 Å². The maximum Gasteiger partial charge on any atom is 0.329 e. The molecule has 0 aliphatic rings. The van der Waals surface area contributed by atoms with Crippen LogP contribution < -0.4 is 9.47 Å². The van der Waals surface area contributed by atoms with Gasteiger partial charge in [-0.05, 0) is 30.7 Å². The van der Waals surface area contributed by atoms with Crippen LogP contribution in [0, 0.1) is 0 Å². The summed E-state index contributed by atoms with van der Waals surface area (Å²) in [6.45, 7) is 2.28. The van der Waals surface area contributed by atoms with Crippen LogP contribution in [0.2, 0.25) is 5.28 Å². The van der Waals surface area contributed by atoms with Gasteiger partial charge >= 0.3 is 12.0 Å². The van der Waals surface area contributed by atoms with Crippen LogP contribution in [0.5, 0.6) is 17.8 Å². The van der Waals surface area contributed by atoms with Crippen molar-refractivity contribution in [2.75, 3.05) is 6.61 Å². The van der Waals surface area contributed by atoms with Crippen LogP contribution in [0.3, 0.4) is 0 Å². The number of halogens is 1. The molecule has 0 spiro atoms. The topological polar surface area (TPSA) is 57.1 Å². The Balaban J connectivity index is 2.21. The van der Waals surface area contributed by atoms with E-state index in [0.29, 0.717) is 12.4 Å². The van der Waals surface area contributed by atoms with E-state index in [1.54, 1.807) is 12.1 Å². The van der Waals surface area contributed by atoms with E-state index < -0.39 is 0 Å². The van der Waals surface area contributed by atoms with Crippen molar-refractivity contribution in [3.63, 3.8) is 0 Å². The minimum Gasteiger partial charge on any atom is -0.464 e. The summed E-state index contributed by atoms with van der Waals surface area (Å²) in [5, 5.41) is 0.0365. The Hall–Kier alpha value is -1.88. The van der Waals surface area contributed by atoms with E-state index in [-0.39, 0.29) is 17.3 Å². The Kier molecular flexibility index (Phi) is 3.72. The molecule has 0 fully saturated rings. The van der Waals surface area contributed by atoms with Gasteiger partial charge in [0.25, 0.3) is 0 Å². The van der Waals surface area contributed by atoms with Crippen LogP contribution in [0.1, 0.15) is 6.92 Å². The minimum atomic E-state index is 0.0365. The highest BCUT2D eigenvalue weighted by Crippen LogP contribution is 2.19. The number of benzene rings is 1. The van der Waals surface area contributed by atoms with Crippen molar-refractivity contribution in [1.82, 2.24) is 15.0 Å². The predicted octanol–water partition coefficient (Wildman–Crippen LogP) is 2.72.